The molecule has 158 valence electrons. The van der Waals surface area contributed by atoms with Crippen LogP contribution in [0.1, 0.15) is 18.9 Å². The minimum Gasteiger partial charge on any atom is -0.339 e. The summed E-state index contributed by atoms with van der Waals surface area (Å²) in [6, 6.07) is 7.41. The third-order valence-corrected chi connectivity index (χ3v) is 5.67. The van der Waals surface area contributed by atoms with Crippen LogP contribution in [0.25, 0.3) is 11.2 Å². The molecule has 3 aromatic rings. The molecule has 0 aliphatic carbocycles. The number of aromatic amines is 1. The van der Waals surface area contributed by atoms with Gasteiger partial charge < -0.3 is 9.80 Å². The van der Waals surface area contributed by atoms with Gasteiger partial charge in [-0.1, -0.05) is 30.7 Å². The van der Waals surface area contributed by atoms with Crippen molar-refractivity contribution in [2.75, 3.05) is 31.1 Å². The Kier molecular flexibility index (Phi) is 5.38. The quantitative estimate of drug-likeness (QED) is 0.670. The maximum atomic E-state index is 12.7. The van der Waals surface area contributed by atoms with Gasteiger partial charge in [-0.05, 0) is 17.7 Å². The fraction of sp³-hybridized carbons (Fsp3) is 0.400. The molecule has 0 saturated carbocycles. The van der Waals surface area contributed by atoms with Gasteiger partial charge in [0.1, 0.15) is 0 Å². The molecule has 1 aliphatic heterocycles. The number of halogens is 1. The Labute approximate surface area is 177 Å². The molecule has 2 aromatic heterocycles. The molecule has 10 heteroatoms. The van der Waals surface area contributed by atoms with Gasteiger partial charge in [0, 0.05) is 44.7 Å². The molecule has 1 saturated heterocycles. The zero-order valence-corrected chi connectivity index (χ0v) is 17.6. The van der Waals surface area contributed by atoms with Crippen LogP contribution in [0.4, 0.5) is 5.95 Å². The number of benzene rings is 1. The molecule has 9 nitrogen and oxygen atoms in total. The summed E-state index contributed by atoms with van der Waals surface area (Å²) in [5.41, 5.74) is 0.585. The predicted octanol–water partition coefficient (Wildman–Crippen LogP) is 1.18. The zero-order chi connectivity index (χ0) is 21.4. The van der Waals surface area contributed by atoms with Crippen LogP contribution in [0.15, 0.2) is 33.9 Å². The maximum absolute atomic E-state index is 12.7. The van der Waals surface area contributed by atoms with Gasteiger partial charge in [-0.15, -0.1) is 0 Å². The SMILES string of the molecule is CCC(=O)N1CCN(c2nc3c(c(=O)[nH]c(=O)n3C)n2Cc2cccc(Cl)c2)CC1. The van der Waals surface area contributed by atoms with Crippen molar-refractivity contribution in [1.29, 1.82) is 0 Å². The number of amides is 1. The molecular formula is C20H23ClN6O3. The summed E-state index contributed by atoms with van der Waals surface area (Å²) in [5.74, 6) is 0.723. The second-order valence-corrected chi connectivity index (χ2v) is 7.78. The first-order valence-electron chi connectivity index (χ1n) is 9.85. The first-order valence-corrected chi connectivity index (χ1v) is 10.2. The number of aromatic nitrogens is 4. The van der Waals surface area contributed by atoms with Crippen molar-refractivity contribution in [3.63, 3.8) is 0 Å². The van der Waals surface area contributed by atoms with Crippen molar-refractivity contribution in [3.05, 3.63) is 55.7 Å². The lowest BCUT2D eigenvalue weighted by molar-refractivity contribution is -0.131. The Balaban J connectivity index is 1.80. The lowest BCUT2D eigenvalue weighted by atomic mass is 10.2. The van der Waals surface area contributed by atoms with Gasteiger partial charge in [0.15, 0.2) is 11.2 Å². The van der Waals surface area contributed by atoms with E-state index in [0.29, 0.717) is 61.3 Å². The number of fused-ring (bicyclic) bond motifs is 1. The molecule has 1 aromatic carbocycles. The van der Waals surface area contributed by atoms with Crippen LogP contribution in [0.3, 0.4) is 0 Å². The predicted molar refractivity (Wildman–Crippen MR) is 115 cm³/mol. The highest BCUT2D eigenvalue weighted by atomic mass is 35.5. The summed E-state index contributed by atoms with van der Waals surface area (Å²) in [7, 11) is 1.58. The lowest BCUT2D eigenvalue weighted by Gasteiger charge is -2.35. The number of hydrogen-bond acceptors (Lipinski definition) is 5. The number of carbonyl (C=O) groups excluding carboxylic acids is 1. The fourth-order valence-electron chi connectivity index (χ4n) is 3.81. The van der Waals surface area contributed by atoms with Crippen LogP contribution < -0.4 is 16.1 Å². The molecule has 30 heavy (non-hydrogen) atoms. The Morgan fingerprint density at radius 2 is 1.93 bits per heavy atom. The third-order valence-electron chi connectivity index (χ3n) is 5.43. The average Bonchev–Trinajstić information content (AvgIpc) is 3.11. The molecule has 0 unspecified atom stereocenters. The highest BCUT2D eigenvalue weighted by Crippen LogP contribution is 2.23. The Hall–Kier alpha value is -3.07. The molecule has 4 rings (SSSR count). The number of piperazine rings is 1. The van der Waals surface area contributed by atoms with E-state index in [2.05, 4.69) is 9.97 Å². The summed E-state index contributed by atoms with van der Waals surface area (Å²) in [4.78, 5) is 47.7. The van der Waals surface area contributed by atoms with E-state index in [1.54, 1.807) is 13.1 Å². The van der Waals surface area contributed by atoms with E-state index >= 15 is 0 Å². The number of anilines is 1. The first-order chi connectivity index (χ1) is 14.4. The topological polar surface area (TPSA) is 96.2 Å². The standard InChI is InChI=1S/C20H23ClN6O3/c1-3-15(28)25-7-9-26(10-8-25)19-22-17-16(18(29)23-20(30)24(17)2)27(19)12-13-5-4-6-14(21)11-13/h4-6,11H,3,7-10,12H2,1-2H3,(H,23,29,30). The van der Waals surface area contributed by atoms with Gasteiger partial charge in [-0.25, -0.2) is 4.79 Å². The number of nitrogens with zero attached hydrogens (tertiary/aromatic N) is 5. The molecule has 3 heterocycles. The van der Waals surface area contributed by atoms with Gasteiger partial charge in [0.2, 0.25) is 11.9 Å². The van der Waals surface area contributed by atoms with Gasteiger partial charge in [-0.3, -0.25) is 23.7 Å². The van der Waals surface area contributed by atoms with Crippen molar-refractivity contribution in [3.8, 4) is 0 Å². The van der Waals surface area contributed by atoms with Crippen molar-refractivity contribution in [2.45, 2.75) is 19.9 Å². The average molecular weight is 431 g/mol. The largest absolute Gasteiger partial charge is 0.339 e. The number of hydrogen-bond donors (Lipinski definition) is 1. The van der Waals surface area contributed by atoms with Crippen LogP contribution in [0.5, 0.6) is 0 Å². The molecular weight excluding hydrogens is 408 g/mol. The number of imidazole rings is 1. The van der Waals surface area contributed by atoms with Crippen molar-refractivity contribution >= 4 is 34.6 Å². The number of rotatable bonds is 4. The van der Waals surface area contributed by atoms with Gasteiger partial charge in [0.05, 0.1) is 6.54 Å². The highest BCUT2D eigenvalue weighted by molar-refractivity contribution is 6.30. The summed E-state index contributed by atoms with van der Waals surface area (Å²) in [6.45, 7) is 4.59. The monoisotopic (exact) mass is 430 g/mol. The highest BCUT2D eigenvalue weighted by Gasteiger charge is 2.26. The van der Waals surface area contributed by atoms with E-state index in [1.165, 1.54) is 4.57 Å². The molecule has 0 atom stereocenters. The summed E-state index contributed by atoms with van der Waals surface area (Å²) >= 11 is 6.14. The van der Waals surface area contributed by atoms with Crippen LogP contribution in [0.2, 0.25) is 5.02 Å². The first kappa shape index (κ1) is 20.2. The second kappa shape index (κ2) is 7.98. The van der Waals surface area contributed by atoms with Gasteiger partial charge in [-0.2, -0.15) is 4.98 Å². The smallest absolute Gasteiger partial charge is 0.329 e. The molecule has 0 spiro atoms. The van der Waals surface area contributed by atoms with Crippen molar-refractivity contribution < 1.29 is 4.79 Å². The summed E-state index contributed by atoms with van der Waals surface area (Å²) < 4.78 is 3.15. The summed E-state index contributed by atoms with van der Waals surface area (Å²) in [5, 5.41) is 0.603. The Bertz CT molecular complexity index is 1220. The third kappa shape index (κ3) is 3.60. The second-order valence-electron chi connectivity index (χ2n) is 7.34. The number of carbonyl (C=O) groups is 1. The van der Waals surface area contributed by atoms with Crippen LogP contribution in [0, 0.1) is 0 Å². The number of H-pyrrole nitrogens is 1. The summed E-state index contributed by atoms with van der Waals surface area (Å²) in [6.07, 6.45) is 0.477. The molecule has 0 radical (unpaired) electrons. The van der Waals surface area contributed by atoms with Gasteiger partial charge >= 0.3 is 5.69 Å². The van der Waals surface area contributed by atoms with Crippen LogP contribution >= 0.6 is 11.6 Å². The minimum atomic E-state index is -0.509. The Morgan fingerprint density at radius 3 is 2.60 bits per heavy atom. The molecule has 0 bridgehead atoms. The molecule has 1 aliphatic rings. The van der Waals surface area contributed by atoms with Crippen LogP contribution in [-0.2, 0) is 18.4 Å². The molecule has 1 N–H and O–H groups in total. The fourth-order valence-corrected chi connectivity index (χ4v) is 4.02. The van der Waals surface area contributed by atoms with E-state index in [-0.39, 0.29) is 5.91 Å². The van der Waals surface area contributed by atoms with E-state index in [4.69, 9.17) is 11.6 Å². The van der Waals surface area contributed by atoms with E-state index in [9.17, 15) is 14.4 Å². The van der Waals surface area contributed by atoms with E-state index in [1.807, 2.05) is 39.5 Å². The molecule has 1 amide bonds. The van der Waals surface area contributed by atoms with Crippen molar-refractivity contribution in [1.82, 2.24) is 24.0 Å². The molecule has 1 fully saturated rings. The lowest BCUT2D eigenvalue weighted by Crippen LogP contribution is -2.49. The van der Waals surface area contributed by atoms with Gasteiger partial charge in [0.25, 0.3) is 5.56 Å². The van der Waals surface area contributed by atoms with Crippen LogP contribution in [-0.4, -0.2) is 56.1 Å². The minimum absolute atomic E-state index is 0.126. The number of nitrogens with one attached hydrogen (secondary N) is 1. The Morgan fingerprint density at radius 1 is 1.20 bits per heavy atom. The maximum Gasteiger partial charge on any atom is 0.329 e. The zero-order valence-electron chi connectivity index (χ0n) is 16.9. The van der Waals surface area contributed by atoms with E-state index in [0.717, 1.165) is 5.56 Å². The van der Waals surface area contributed by atoms with Crippen molar-refractivity contribution in [2.24, 2.45) is 7.05 Å². The van der Waals surface area contributed by atoms with E-state index < -0.39 is 11.2 Å². The normalized spacial score (nSPS) is 14.5. The number of aryl methyl sites for hydroxylation is 1.